The fourth-order valence-electron chi connectivity index (χ4n) is 2.11. The third-order valence-corrected chi connectivity index (χ3v) is 6.17. The first-order valence-corrected chi connectivity index (χ1v) is 9.87. The predicted molar refractivity (Wildman–Crippen MR) is 97.3 cm³/mol. The van der Waals surface area contributed by atoms with E-state index in [0.717, 1.165) is 9.18 Å². The molecule has 1 amide bonds. The number of hydrogen-bond acceptors (Lipinski definition) is 7. The number of carbonyl (C=O) groups is 1. The molecule has 136 valence electrons. The minimum atomic E-state index is -3.50. The van der Waals surface area contributed by atoms with Gasteiger partial charge in [-0.1, -0.05) is 11.2 Å². The maximum atomic E-state index is 12.1. The van der Waals surface area contributed by atoms with Crippen LogP contribution in [0.15, 0.2) is 51.1 Å². The quantitative estimate of drug-likeness (QED) is 0.690. The number of amides is 1. The minimum Gasteiger partial charge on any atom is -0.403 e. The molecule has 0 saturated heterocycles. The second-order valence-corrected chi connectivity index (χ2v) is 8.71. The van der Waals surface area contributed by atoms with E-state index >= 15 is 0 Å². The van der Waals surface area contributed by atoms with E-state index in [9.17, 15) is 13.2 Å². The summed E-state index contributed by atoms with van der Waals surface area (Å²) in [5.41, 5.74) is 0.550. The van der Waals surface area contributed by atoms with Gasteiger partial charge in [-0.15, -0.1) is 16.4 Å². The Labute approximate surface area is 154 Å². The zero-order valence-electron chi connectivity index (χ0n) is 14.0. The van der Waals surface area contributed by atoms with Crippen LogP contribution in [-0.2, 0) is 21.2 Å². The van der Waals surface area contributed by atoms with Crippen molar-refractivity contribution in [3.63, 3.8) is 0 Å². The normalized spacial score (nSPS) is 11.7. The van der Waals surface area contributed by atoms with Crippen molar-refractivity contribution in [2.45, 2.75) is 11.3 Å². The van der Waals surface area contributed by atoms with Gasteiger partial charge in [0.05, 0.1) is 11.3 Å². The summed E-state index contributed by atoms with van der Waals surface area (Å²) in [7, 11) is -0.571. The van der Waals surface area contributed by atoms with Gasteiger partial charge in [0.2, 0.25) is 21.8 Å². The lowest BCUT2D eigenvalue weighted by Gasteiger charge is -2.11. The molecule has 0 fully saturated rings. The van der Waals surface area contributed by atoms with Crippen LogP contribution in [0.4, 0.5) is 6.01 Å². The van der Waals surface area contributed by atoms with E-state index in [1.165, 1.54) is 37.6 Å². The summed E-state index contributed by atoms with van der Waals surface area (Å²) >= 11 is 1.49. The molecule has 1 aromatic carbocycles. The summed E-state index contributed by atoms with van der Waals surface area (Å²) in [4.78, 5) is 13.0. The average Bonchev–Trinajstić information content (AvgIpc) is 3.27. The standard InChI is InChI=1S/C16H16N4O4S2/c1-20(2)26(22,23)13-7-5-11(6-8-13)15-18-19-16(24-15)17-14(21)10-12-4-3-9-25-12/h3-9H,10H2,1-2H3,(H,17,19,21). The zero-order chi connectivity index (χ0) is 18.7. The second kappa shape index (κ2) is 7.36. The largest absolute Gasteiger partial charge is 0.403 e. The van der Waals surface area contributed by atoms with E-state index in [1.807, 2.05) is 17.5 Å². The highest BCUT2D eigenvalue weighted by molar-refractivity contribution is 7.89. The van der Waals surface area contributed by atoms with E-state index in [4.69, 9.17) is 4.42 Å². The average molecular weight is 392 g/mol. The number of aromatic nitrogens is 2. The third-order valence-electron chi connectivity index (χ3n) is 3.47. The Kier molecular flexibility index (Phi) is 5.16. The van der Waals surface area contributed by atoms with Gasteiger partial charge in [-0.2, -0.15) is 0 Å². The Bertz CT molecular complexity index is 993. The number of carbonyl (C=O) groups excluding carboxylic acids is 1. The van der Waals surface area contributed by atoms with Crippen LogP contribution < -0.4 is 5.32 Å². The first-order chi connectivity index (χ1) is 12.4. The van der Waals surface area contributed by atoms with Gasteiger partial charge < -0.3 is 4.42 Å². The molecular formula is C16H16N4O4S2. The molecule has 2 aromatic heterocycles. The SMILES string of the molecule is CN(C)S(=O)(=O)c1ccc(-c2nnc(NC(=O)Cc3cccs3)o2)cc1. The molecule has 0 bridgehead atoms. The van der Waals surface area contributed by atoms with Gasteiger partial charge in [0, 0.05) is 24.5 Å². The lowest BCUT2D eigenvalue weighted by molar-refractivity contribution is -0.115. The van der Waals surface area contributed by atoms with Crippen molar-refractivity contribution in [2.24, 2.45) is 0 Å². The third kappa shape index (κ3) is 3.98. The highest BCUT2D eigenvalue weighted by Gasteiger charge is 2.18. The smallest absolute Gasteiger partial charge is 0.322 e. The van der Waals surface area contributed by atoms with Crippen LogP contribution >= 0.6 is 11.3 Å². The highest BCUT2D eigenvalue weighted by Crippen LogP contribution is 2.22. The Hall–Kier alpha value is -2.56. The molecule has 2 heterocycles. The van der Waals surface area contributed by atoms with Crippen LogP contribution in [0.5, 0.6) is 0 Å². The number of rotatable bonds is 6. The number of hydrogen-bond donors (Lipinski definition) is 1. The number of anilines is 1. The lowest BCUT2D eigenvalue weighted by atomic mass is 10.2. The Morgan fingerprint density at radius 1 is 1.19 bits per heavy atom. The fourth-order valence-corrected chi connectivity index (χ4v) is 3.71. The molecule has 0 unspecified atom stereocenters. The maximum absolute atomic E-state index is 12.1. The summed E-state index contributed by atoms with van der Waals surface area (Å²) in [5.74, 6) is -0.0692. The summed E-state index contributed by atoms with van der Waals surface area (Å²) in [5, 5.41) is 12.1. The number of nitrogens with zero attached hydrogens (tertiary/aromatic N) is 3. The molecule has 0 aliphatic carbocycles. The van der Waals surface area contributed by atoms with Gasteiger partial charge in [0.1, 0.15) is 0 Å². The molecule has 0 saturated carbocycles. The van der Waals surface area contributed by atoms with Gasteiger partial charge in [-0.3, -0.25) is 10.1 Å². The van der Waals surface area contributed by atoms with Crippen molar-refractivity contribution in [1.82, 2.24) is 14.5 Å². The molecule has 0 aliphatic heterocycles. The topological polar surface area (TPSA) is 105 Å². The molecule has 26 heavy (non-hydrogen) atoms. The number of sulfonamides is 1. The minimum absolute atomic E-state index is 0.00783. The van der Waals surface area contributed by atoms with Crippen molar-refractivity contribution in [1.29, 1.82) is 0 Å². The molecule has 3 rings (SSSR count). The van der Waals surface area contributed by atoms with E-state index in [0.29, 0.717) is 5.56 Å². The molecular weight excluding hydrogens is 376 g/mol. The summed E-state index contributed by atoms with van der Waals surface area (Å²) in [6.07, 6.45) is 0.229. The van der Waals surface area contributed by atoms with Crippen molar-refractivity contribution >= 4 is 33.3 Å². The van der Waals surface area contributed by atoms with E-state index in [1.54, 1.807) is 12.1 Å². The molecule has 1 N–H and O–H groups in total. The van der Waals surface area contributed by atoms with Crippen LogP contribution in [-0.4, -0.2) is 42.9 Å². The van der Waals surface area contributed by atoms with Crippen molar-refractivity contribution in [3.05, 3.63) is 46.7 Å². The number of nitrogens with one attached hydrogen (secondary N) is 1. The summed E-state index contributed by atoms with van der Waals surface area (Å²) in [6, 6.07) is 9.80. The summed E-state index contributed by atoms with van der Waals surface area (Å²) < 4.78 is 30.7. The molecule has 0 spiro atoms. The summed E-state index contributed by atoms with van der Waals surface area (Å²) in [6.45, 7) is 0. The van der Waals surface area contributed by atoms with Crippen LogP contribution in [0, 0.1) is 0 Å². The maximum Gasteiger partial charge on any atom is 0.322 e. The Balaban J connectivity index is 1.70. The fraction of sp³-hybridized carbons (Fsp3) is 0.188. The van der Waals surface area contributed by atoms with Crippen LogP contribution in [0.1, 0.15) is 4.88 Å². The zero-order valence-corrected chi connectivity index (χ0v) is 15.7. The molecule has 0 radical (unpaired) electrons. The molecule has 0 aliphatic rings. The molecule has 3 aromatic rings. The second-order valence-electron chi connectivity index (χ2n) is 5.53. The number of thiophene rings is 1. The predicted octanol–water partition coefficient (Wildman–Crippen LogP) is 2.23. The first-order valence-electron chi connectivity index (χ1n) is 7.55. The van der Waals surface area contributed by atoms with Gasteiger partial charge in [0.25, 0.3) is 0 Å². The van der Waals surface area contributed by atoms with Gasteiger partial charge >= 0.3 is 6.01 Å². The number of benzene rings is 1. The molecule has 8 nitrogen and oxygen atoms in total. The van der Waals surface area contributed by atoms with Crippen LogP contribution in [0.25, 0.3) is 11.5 Å². The van der Waals surface area contributed by atoms with Gasteiger partial charge in [-0.25, -0.2) is 12.7 Å². The van der Waals surface area contributed by atoms with Gasteiger partial charge in [0.15, 0.2) is 0 Å². The molecule has 0 atom stereocenters. The van der Waals surface area contributed by atoms with E-state index < -0.39 is 10.0 Å². The van der Waals surface area contributed by atoms with Crippen LogP contribution in [0.3, 0.4) is 0 Å². The van der Waals surface area contributed by atoms with E-state index in [2.05, 4.69) is 15.5 Å². The van der Waals surface area contributed by atoms with E-state index in [-0.39, 0.29) is 29.1 Å². The monoisotopic (exact) mass is 392 g/mol. The Morgan fingerprint density at radius 3 is 2.54 bits per heavy atom. The molecule has 10 heteroatoms. The first kappa shape index (κ1) is 18.2. The van der Waals surface area contributed by atoms with Crippen molar-refractivity contribution in [3.8, 4) is 11.5 Å². The lowest BCUT2D eigenvalue weighted by Crippen LogP contribution is -2.22. The van der Waals surface area contributed by atoms with Gasteiger partial charge in [-0.05, 0) is 35.7 Å². The Morgan fingerprint density at radius 2 is 1.92 bits per heavy atom. The van der Waals surface area contributed by atoms with Crippen molar-refractivity contribution in [2.75, 3.05) is 19.4 Å². The van der Waals surface area contributed by atoms with Crippen LogP contribution in [0.2, 0.25) is 0 Å². The van der Waals surface area contributed by atoms with Crippen molar-refractivity contribution < 1.29 is 17.6 Å². The highest BCUT2D eigenvalue weighted by atomic mass is 32.2.